The van der Waals surface area contributed by atoms with Crippen LogP contribution in [0.2, 0.25) is 0 Å². The van der Waals surface area contributed by atoms with E-state index < -0.39 is 30.2 Å². The van der Waals surface area contributed by atoms with Gasteiger partial charge in [-0.3, -0.25) is 9.59 Å². The third-order valence-electron chi connectivity index (χ3n) is 3.42. The molecule has 0 saturated heterocycles. The molecule has 102 valence electrons. The monoisotopic (exact) mass is 257 g/mol. The first-order valence-electron chi connectivity index (χ1n) is 5.89. The molecule has 0 aliphatic heterocycles. The van der Waals surface area contributed by atoms with Crippen molar-refractivity contribution in [3.63, 3.8) is 0 Å². The number of nitrogens with one attached hydrogen (secondary N) is 1. The highest BCUT2D eigenvalue weighted by molar-refractivity contribution is 5.88. The molecule has 18 heavy (non-hydrogen) atoms. The first-order chi connectivity index (χ1) is 8.38. The van der Waals surface area contributed by atoms with E-state index in [4.69, 9.17) is 16.6 Å². The summed E-state index contributed by atoms with van der Waals surface area (Å²) in [6.45, 7) is 0.411. The minimum atomic E-state index is -1.27. The van der Waals surface area contributed by atoms with Crippen LogP contribution in [0.1, 0.15) is 32.1 Å². The first-order valence-corrected chi connectivity index (χ1v) is 5.89. The average molecular weight is 257 g/mol. The van der Waals surface area contributed by atoms with Crippen LogP contribution in [0.5, 0.6) is 0 Å². The molecule has 0 heterocycles. The third kappa shape index (κ3) is 3.69. The molecule has 7 nitrogen and oxygen atoms in total. The SMILES string of the molecule is NCC1(CC(=O)NC(CC(N)=O)C(=O)O)CCC1. The fraction of sp³-hybridized carbons (Fsp3) is 0.727. The van der Waals surface area contributed by atoms with Crippen molar-refractivity contribution < 1.29 is 19.5 Å². The Morgan fingerprint density at radius 2 is 1.94 bits per heavy atom. The molecule has 0 spiro atoms. The van der Waals surface area contributed by atoms with Crippen molar-refractivity contribution in [2.45, 2.75) is 38.1 Å². The van der Waals surface area contributed by atoms with E-state index in [2.05, 4.69) is 5.32 Å². The molecular weight excluding hydrogens is 238 g/mol. The number of carbonyl (C=O) groups excluding carboxylic acids is 2. The predicted octanol–water partition coefficient (Wildman–Crippen LogP) is -1.05. The number of aliphatic carboxylic acids is 1. The van der Waals surface area contributed by atoms with Gasteiger partial charge in [0.15, 0.2) is 0 Å². The molecule has 0 aromatic carbocycles. The minimum absolute atomic E-state index is 0.195. The van der Waals surface area contributed by atoms with Gasteiger partial charge in [-0.15, -0.1) is 0 Å². The summed E-state index contributed by atoms with van der Waals surface area (Å²) in [5, 5.41) is 11.2. The van der Waals surface area contributed by atoms with Crippen LogP contribution in [0.4, 0.5) is 0 Å². The molecule has 1 saturated carbocycles. The number of carboxylic acids is 1. The van der Waals surface area contributed by atoms with Crippen molar-refractivity contribution in [2.75, 3.05) is 6.54 Å². The van der Waals surface area contributed by atoms with Gasteiger partial charge in [-0.05, 0) is 24.8 Å². The van der Waals surface area contributed by atoms with Gasteiger partial charge in [0.1, 0.15) is 6.04 Å². The number of rotatable bonds is 7. The number of amides is 2. The summed E-state index contributed by atoms with van der Waals surface area (Å²) in [6.07, 6.45) is 2.59. The van der Waals surface area contributed by atoms with Crippen LogP contribution in [-0.4, -0.2) is 35.5 Å². The number of carboxylic acid groups (broad SMARTS) is 1. The molecule has 1 aliphatic rings. The zero-order valence-corrected chi connectivity index (χ0v) is 10.1. The molecule has 6 N–H and O–H groups in total. The minimum Gasteiger partial charge on any atom is -0.480 e. The van der Waals surface area contributed by atoms with E-state index in [1.165, 1.54) is 0 Å². The molecule has 7 heteroatoms. The highest BCUT2D eigenvalue weighted by Gasteiger charge is 2.38. The summed E-state index contributed by atoms with van der Waals surface area (Å²) >= 11 is 0. The van der Waals surface area contributed by atoms with Gasteiger partial charge >= 0.3 is 5.97 Å². The number of hydrogen-bond acceptors (Lipinski definition) is 4. The van der Waals surface area contributed by atoms with E-state index in [0.717, 1.165) is 19.3 Å². The fourth-order valence-corrected chi connectivity index (χ4v) is 2.12. The highest BCUT2D eigenvalue weighted by Crippen LogP contribution is 2.42. The molecule has 1 fully saturated rings. The Hall–Kier alpha value is -1.63. The topological polar surface area (TPSA) is 136 Å². The van der Waals surface area contributed by atoms with Crippen molar-refractivity contribution in [3.8, 4) is 0 Å². The van der Waals surface area contributed by atoms with Crippen molar-refractivity contribution in [3.05, 3.63) is 0 Å². The maximum atomic E-state index is 11.7. The molecule has 0 radical (unpaired) electrons. The molecular formula is C11H19N3O4. The summed E-state index contributed by atoms with van der Waals surface area (Å²) in [4.78, 5) is 33.3. The van der Waals surface area contributed by atoms with Crippen LogP contribution >= 0.6 is 0 Å². The van der Waals surface area contributed by atoms with Gasteiger partial charge in [0, 0.05) is 6.42 Å². The van der Waals surface area contributed by atoms with Crippen molar-refractivity contribution in [2.24, 2.45) is 16.9 Å². The Kier molecular flexibility index (Phi) is 4.66. The molecule has 1 rings (SSSR count). The Balaban J connectivity index is 2.50. The lowest BCUT2D eigenvalue weighted by molar-refractivity contribution is -0.143. The second-order valence-electron chi connectivity index (χ2n) is 4.86. The lowest BCUT2D eigenvalue weighted by atomic mass is 9.66. The van der Waals surface area contributed by atoms with E-state index >= 15 is 0 Å². The molecule has 1 atom stereocenters. The fourth-order valence-electron chi connectivity index (χ4n) is 2.12. The molecule has 2 amide bonds. The number of nitrogens with two attached hydrogens (primary N) is 2. The van der Waals surface area contributed by atoms with Crippen LogP contribution in [0.3, 0.4) is 0 Å². The number of primary amides is 1. The van der Waals surface area contributed by atoms with Crippen LogP contribution in [0.25, 0.3) is 0 Å². The zero-order valence-electron chi connectivity index (χ0n) is 10.1. The predicted molar refractivity (Wildman–Crippen MR) is 63.3 cm³/mol. The Morgan fingerprint density at radius 1 is 1.33 bits per heavy atom. The third-order valence-corrected chi connectivity index (χ3v) is 3.42. The maximum Gasteiger partial charge on any atom is 0.326 e. The van der Waals surface area contributed by atoms with E-state index in [0.29, 0.717) is 6.54 Å². The quantitative estimate of drug-likeness (QED) is 0.461. The molecule has 0 bridgehead atoms. The van der Waals surface area contributed by atoms with Gasteiger partial charge < -0.3 is 21.9 Å². The zero-order chi connectivity index (χ0) is 13.8. The van der Waals surface area contributed by atoms with Crippen LogP contribution in [0, 0.1) is 5.41 Å². The van der Waals surface area contributed by atoms with Gasteiger partial charge in [-0.2, -0.15) is 0 Å². The summed E-state index contributed by atoms with van der Waals surface area (Å²) in [5.41, 5.74) is 10.3. The Labute approximate surface area is 105 Å². The van der Waals surface area contributed by atoms with Gasteiger partial charge in [0.25, 0.3) is 0 Å². The van der Waals surface area contributed by atoms with Gasteiger partial charge in [-0.25, -0.2) is 4.79 Å². The van der Waals surface area contributed by atoms with E-state index in [-0.39, 0.29) is 11.8 Å². The lowest BCUT2D eigenvalue weighted by Crippen LogP contribution is -2.47. The van der Waals surface area contributed by atoms with Gasteiger partial charge in [0.2, 0.25) is 11.8 Å². The Morgan fingerprint density at radius 3 is 2.28 bits per heavy atom. The molecule has 0 aromatic heterocycles. The number of carbonyl (C=O) groups is 3. The van der Waals surface area contributed by atoms with Crippen molar-refractivity contribution in [1.82, 2.24) is 5.32 Å². The summed E-state index contributed by atoms with van der Waals surface area (Å²) < 4.78 is 0. The second-order valence-corrected chi connectivity index (χ2v) is 4.86. The normalized spacial score (nSPS) is 18.5. The van der Waals surface area contributed by atoms with E-state index in [9.17, 15) is 14.4 Å². The average Bonchev–Trinajstić information content (AvgIpc) is 2.21. The largest absolute Gasteiger partial charge is 0.480 e. The van der Waals surface area contributed by atoms with E-state index in [1.54, 1.807) is 0 Å². The number of hydrogen-bond donors (Lipinski definition) is 4. The second kappa shape index (κ2) is 5.81. The summed E-state index contributed by atoms with van der Waals surface area (Å²) in [6, 6.07) is -1.26. The highest BCUT2D eigenvalue weighted by atomic mass is 16.4. The summed E-state index contributed by atoms with van der Waals surface area (Å²) in [7, 11) is 0. The smallest absolute Gasteiger partial charge is 0.326 e. The van der Waals surface area contributed by atoms with Crippen molar-refractivity contribution in [1.29, 1.82) is 0 Å². The molecule has 1 unspecified atom stereocenters. The Bertz CT molecular complexity index is 347. The van der Waals surface area contributed by atoms with Crippen LogP contribution < -0.4 is 16.8 Å². The van der Waals surface area contributed by atoms with Crippen molar-refractivity contribution >= 4 is 17.8 Å². The van der Waals surface area contributed by atoms with Gasteiger partial charge in [-0.1, -0.05) is 6.42 Å². The van der Waals surface area contributed by atoms with Crippen LogP contribution in [0.15, 0.2) is 0 Å². The molecule has 1 aliphatic carbocycles. The first kappa shape index (κ1) is 14.4. The standard InChI is InChI=1S/C11H19N3O4/c12-6-11(2-1-3-11)5-9(16)14-7(10(17)18)4-8(13)15/h7H,1-6,12H2,(H2,13,15)(H,14,16)(H,17,18). The molecule has 0 aromatic rings. The van der Waals surface area contributed by atoms with Gasteiger partial charge in [0.05, 0.1) is 6.42 Å². The van der Waals surface area contributed by atoms with Crippen LogP contribution in [-0.2, 0) is 14.4 Å². The van der Waals surface area contributed by atoms with E-state index in [1.807, 2.05) is 0 Å². The maximum absolute atomic E-state index is 11.7. The lowest BCUT2D eigenvalue weighted by Gasteiger charge is -2.40. The summed E-state index contributed by atoms with van der Waals surface area (Å²) in [5.74, 6) is -2.42.